The highest BCUT2D eigenvalue weighted by atomic mass is 16.5. The zero-order valence-electron chi connectivity index (χ0n) is 21.1. The molecule has 2 N–H and O–H groups in total. The number of carbonyl (C=O) groups is 3. The maximum atomic E-state index is 13.6. The Bertz CT molecular complexity index is 946. The molecule has 9 nitrogen and oxygen atoms in total. The second-order valence-corrected chi connectivity index (χ2v) is 10.9. The van der Waals surface area contributed by atoms with Gasteiger partial charge in [0.1, 0.15) is 24.4 Å². The molecule has 0 aromatic heterocycles. The first-order chi connectivity index (χ1) is 16.7. The zero-order valence-corrected chi connectivity index (χ0v) is 21.1. The SMILES string of the molecule is C[N+](C)(C)CCCCNC(=O)[C@@H]1C[C@@H]2C(=O)N3CCC[C@H]3C(=O)N2[C@@H]1c1cccc(OCCO)c1. The van der Waals surface area contributed by atoms with Gasteiger partial charge in [0.05, 0.1) is 46.3 Å². The summed E-state index contributed by atoms with van der Waals surface area (Å²) in [5.41, 5.74) is 0.778. The predicted octanol–water partition coefficient (Wildman–Crippen LogP) is 0.923. The molecule has 9 heteroatoms. The molecule has 0 radical (unpaired) electrons. The zero-order chi connectivity index (χ0) is 25.2. The summed E-state index contributed by atoms with van der Waals surface area (Å²) in [6.07, 6.45) is 3.71. The van der Waals surface area contributed by atoms with Crippen molar-refractivity contribution in [3.63, 3.8) is 0 Å². The van der Waals surface area contributed by atoms with E-state index in [0.717, 1.165) is 35.9 Å². The second kappa shape index (κ2) is 10.5. The van der Waals surface area contributed by atoms with Crippen LogP contribution in [0.15, 0.2) is 24.3 Å². The number of piperazine rings is 1. The van der Waals surface area contributed by atoms with Crippen LogP contribution in [0.25, 0.3) is 0 Å². The predicted molar refractivity (Wildman–Crippen MR) is 130 cm³/mol. The fourth-order valence-electron chi connectivity index (χ4n) is 5.68. The smallest absolute Gasteiger partial charge is 0.246 e. The lowest BCUT2D eigenvalue weighted by atomic mass is 9.92. The topological polar surface area (TPSA) is 99.2 Å². The number of unbranched alkanes of at least 4 members (excludes halogenated alkanes) is 1. The van der Waals surface area contributed by atoms with Gasteiger partial charge in [0.15, 0.2) is 0 Å². The van der Waals surface area contributed by atoms with E-state index in [1.54, 1.807) is 15.9 Å². The third-order valence-electron chi connectivity index (χ3n) is 7.31. The molecule has 0 unspecified atom stereocenters. The molecule has 1 aromatic carbocycles. The first-order valence-electron chi connectivity index (χ1n) is 12.8. The van der Waals surface area contributed by atoms with Crippen LogP contribution < -0.4 is 10.1 Å². The van der Waals surface area contributed by atoms with Gasteiger partial charge in [-0.1, -0.05) is 12.1 Å². The molecular weight excluding hydrogens is 448 g/mol. The molecule has 1 aromatic rings. The first kappa shape index (κ1) is 25.4. The average molecular weight is 488 g/mol. The Hall–Kier alpha value is -2.65. The van der Waals surface area contributed by atoms with Crippen LogP contribution in [0.3, 0.4) is 0 Å². The van der Waals surface area contributed by atoms with Crippen molar-refractivity contribution in [1.29, 1.82) is 0 Å². The van der Waals surface area contributed by atoms with Crippen LogP contribution in [0.1, 0.15) is 43.7 Å². The van der Waals surface area contributed by atoms with Crippen molar-refractivity contribution in [3.05, 3.63) is 29.8 Å². The Balaban J connectivity index is 1.56. The Kier molecular flexibility index (Phi) is 7.66. The van der Waals surface area contributed by atoms with Gasteiger partial charge in [0.25, 0.3) is 0 Å². The lowest BCUT2D eigenvalue weighted by Crippen LogP contribution is -2.60. The van der Waals surface area contributed by atoms with Crippen LogP contribution in [-0.2, 0) is 14.4 Å². The first-order valence-corrected chi connectivity index (χ1v) is 12.8. The van der Waals surface area contributed by atoms with E-state index in [0.29, 0.717) is 31.7 Å². The number of fused-ring (bicyclic) bond motifs is 2. The number of rotatable bonds is 10. The molecule has 3 saturated heterocycles. The van der Waals surface area contributed by atoms with E-state index >= 15 is 0 Å². The number of ether oxygens (including phenoxy) is 1. The van der Waals surface area contributed by atoms with Crippen molar-refractivity contribution in [2.24, 2.45) is 5.92 Å². The van der Waals surface area contributed by atoms with Crippen molar-refractivity contribution in [2.75, 3.05) is 54.0 Å². The highest BCUT2D eigenvalue weighted by Crippen LogP contribution is 2.46. The van der Waals surface area contributed by atoms with E-state index in [9.17, 15) is 14.4 Å². The monoisotopic (exact) mass is 487 g/mol. The van der Waals surface area contributed by atoms with Crippen LogP contribution in [0.2, 0.25) is 0 Å². The minimum absolute atomic E-state index is 0.0389. The number of aliphatic hydroxyl groups excluding tert-OH is 1. The number of nitrogens with one attached hydrogen (secondary N) is 1. The maximum Gasteiger partial charge on any atom is 0.246 e. The summed E-state index contributed by atoms with van der Waals surface area (Å²) in [5, 5.41) is 12.2. The average Bonchev–Trinajstić information content (AvgIpc) is 3.46. The van der Waals surface area contributed by atoms with Gasteiger partial charge in [0, 0.05) is 13.1 Å². The quantitative estimate of drug-likeness (QED) is 0.378. The molecule has 3 fully saturated rings. The second-order valence-electron chi connectivity index (χ2n) is 10.9. The van der Waals surface area contributed by atoms with Gasteiger partial charge in [-0.3, -0.25) is 14.4 Å². The number of carbonyl (C=O) groups excluding carboxylic acids is 3. The minimum Gasteiger partial charge on any atom is -0.491 e. The number of aliphatic hydroxyl groups is 1. The summed E-state index contributed by atoms with van der Waals surface area (Å²) in [6, 6.07) is 5.76. The summed E-state index contributed by atoms with van der Waals surface area (Å²) < 4.78 is 6.47. The van der Waals surface area contributed by atoms with Crippen LogP contribution in [0.5, 0.6) is 5.75 Å². The Morgan fingerprint density at radius 2 is 1.97 bits per heavy atom. The van der Waals surface area contributed by atoms with Gasteiger partial charge in [-0.25, -0.2) is 0 Å². The van der Waals surface area contributed by atoms with E-state index in [1.165, 1.54) is 0 Å². The molecule has 4 atom stereocenters. The number of quaternary nitrogens is 1. The van der Waals surface area contributed by atoms with E-state index in [-0.39, 0.29) is 30.9 Å². The third-order valence-corrected chi connectivity index (χ3v) is 7.31. The van der Waals surface area contributed by atoms with Gasteiger partial charge >= 0.3 is 0 Å². The van der Waals surface area contributed by atoms with E-state index in [4.69, 9.17) is 9.84 Å². The molecule has 4 rings (SSSR count). The van der Waals surface area contributed by atoms with Crippen LogP contribution in [0, 0.1) is 5.92 Å². The van der Waals surface area contributed by atoms with Gasteiger partial charge in [-0.05, 0) is 49.8 Å². The summed E-state index contributed by atoms with van der Waals surface area (Å²) in [7, 11) is 6.45. The largest absolute Gasteiger partial charge is 0.491 e. The van der Waals surface area contributed by atoms with Crippen LogP contribution in [0.4, 0.5) is 0 Å². The van der Waals surface area contributed by atoms with Crippen molar-refractivity contribution < 1.29 is 28.7 Å². The lowest BCUT2D eigenvalue weighted by Gasteiger charge is -2.41. The van der Waals surface area contributed by atoms with Gasteiger partial charge in [-0.2, -0.15) is 0 Å². The van der Waals surface area contributed by atoms with Crippen molar-refractivity contribution in [3.8, 4) is 5.75 Å². The number of amides is 3. The van der Waals surface area contributed by atoms with E-state index < -0.39 is 24.0 Å². The lowest BCUT2D eigenvalue weighted by molar-refractivity contribution is -0.870. The fraction of sp³-hybridized carbons (Fsp3) is 0.654. The summed E-state index contributed by atoms with van der Waals surface area (Å²) in [4.78, 5) is 43.7. The highest BCUT2D eigenvalue weighted by Gasteiger charge is 2.57. The van der Waals surface area contributed by atoms with Crippen LogP contribution >= 0.6 is 0 Å². The number of hydrogen-bond donors (Lipinski definition) is 2. The highest BCUT2D eigenvalue weighted by molar-refractivity contribution is 5.99. The van der Waals surface area contributed by atoms with Crippen LogP contribution in [-0.4, -0.2) is 103 Å². The molecule has 0 saturated carbocycles. The van der Waals surface area contributed by atoms with Gasteiger partial charge in [-0.15, -0.1) is 0 Å². The van der Waals surface area contributed by atoms with Gasteiger partial charge in [0.2, 0.25) is 17.7 Å². The minimum atomic E-state index is -0.613. The molecule has 0 bridgehead atoms. The fourth-order valence-corrected chi connectivity index (χ4v) is 5.68. The maximum absolute atomic E-state index is 13.6. The summed E-state index contributed by atoms with van der Waals surface area (Å²) in [5.74, 6) is -0.158. The Morgan fingerprint density at radius 1 is 1.17 bits per heavy atom. The molecule has 3 amide bonds. The third kappa shape index (κ3) is 5.46. The Morgan fingerprint density at radius 3 is 2.71 bits per heavy atom. The number of hydrogen-bond acceptors (Lipinski definition) is 5. The molecule has 3 aliphatic heterocycles. The summed E-state index contributed by atoms with van der Waals surface area (Å²) in [6.45, 7) is 2.26. The van der Waals surface area contributed by atoms with E-state index in [2.05, 4.69) is 26.5 Å². The van der Waals surface area contributed by atoms with Crippen molar-refractivity contribution in [2.45, 2.75) is 50.2 Å². The summed E-state index contributed by atoms with van der Waals surface area (Å²) >= 11 is 0. The van der Waals surface area contributed by atoms with Gasteiger partial charge < -0.3 is 29.4 Å². The molecular formula is C26H39N4O5+. The molecule has 3 aliphatic rings. The molecule has 3 heterocycles. The number of nitrogens with zero attached hydrogens (tertiary/aromatic N) is 3. The normalized spacial score (nSPS) is 26.1. The van der Waals surface area contributed by atoms with Crippen molar-refractivity contribution in [1.82, 2.24) is 15.1 Å². The standard InChI is InChI=1S/C26H38N4O5/c1-30(2,3)13-5-4-11-27-24(32)20-17-22-25(33)28-12-7-10-21(28)26(34)29(22)23(20)18-8-6-9-19(16-18)35-15-14-31/h6,8-9,16,20-23,31H,4-5,7,10-15,17H2,1-3H3/p+1/t20-,21+,22-,23-/m1/s1. The number of benzene rings is 1. The van der Waals surface area contributed by atoms with Crippen molar-refractivity contribution >= 4 is 17.7 Å². The molecule has 192 valence electrons. The molecule has 35 heavy (non-hydrogen) atoms. The Labute approximate surface area is 207 Å². The van der Waals surface area contributed by atoms with E-state index in [1.807, 2.05) is 18.2 Å². The molecule has 0 spiro atoms. The molecule has 0 aliphatic carbocycles.